The number of nitrogens with two attached hydrogens (primary N) is 1. The first-order valence-corrected chi connectivity index (χ1v) is 7.73. The Balaban J connectivity index is 2.00. The summed E-state index contributed by atoms with van der Waals surface area (Å²) in [4.78, 5) is 5.17. The number of nitrogens with zero attached hydrogens (tertiary/aromatic N) is 2. The van der Waals surface area contributed by atoms with Gasteiger partial charge in [-0.05, 0) is 51.7 Å². The van der Waals surface area contributed by atoms with Crippen LogP contribution < -0.4 is 5.73 Å². The van der Waals surface area contributed by atoms with Gasteiger partial charge < -0.3 is 10.6 Å². The molecule has 3 nitrogen and oxygen atoms in total. The maximum atomic E-state index is 6.33. The molecule has 0 atom stereocenters. The molecule has 0 spiro atoms. The summed E-state index contributed by atoms with van der Waals surface area (Å²) in [5, 5.41) is 0.745. The summed E-state index contributed by atoms with van der Waals surface area (Å²) >= 11 is 11.3. The smallest absolute Gasteiger partial charge is 0.104 e. The highest BCUT2D eigenvalue weighted by Gasteiger charge is 2.21. The number of thiocarbonyl (C=S) groups is 1. The highest BCUT2D eigenvalue weighted by atomic mass is 35.5. The van der Waals surface area contributed by atoms with Crippen LogP contribution in [0.15, 0.2) is 18.2 Å². The van der Waals surface area contributed by atoms with Gasteiger partial charge in [-0.3, -0.25) is 4.90 Å². The summed E-state index contributed by atoms with van der Waals surface area (Å²) < 4.78 is 0. The van der Waals surface area contributed by atoms with Gasteiger partial charge in [0.15, 0.2) is 0 Å². The molecule has 2 rings (SSSR count). The van der Waals surface area contributed by atoms with E-state index in [0.717, 1.165) is 22.7 Å². The normalized spacial score (nSPS) is 17.6. The third-order valence-corrected chi connectivity index (χ3v) is 4.66. The lowest BCUT2D eigenvalue weighted by molar-refractivity contribution is 0.139. The Bertz CT molecular complexity index is 484. The second-order valence-corrected chi connectivity index (χ2v) is 6.47. The standard InChI is InChI=1S/C15H22ClN3S/c1-18-7-5-13(6-8-18)19(2)10-12-4-3-11(15(17)20)9-14(12)16/h3-4,9,13H,5-8,10H2,1-2H3,(H2,17,20). The minimum Gasteiger partial charge on any atom is -0.389 e. The Kier molecular flexibility index (Phi) is 5.38. The molecule has 5 heteroatoms. The Morgan fingerprint density at radius 2 is 2.10 bits per heavy atom. The van der Waals surface area contributed by atoms with Crippen molar-refractivity contribution in [3.63, 3.8) is 0 Å². The number of halogens is 1. The fraction of sp³-hybridized carbons (Fsp3) is 0.533. The zero-order chi connectivity index (χ0) is 14.7. The van der Waals surface area contributed by atoms with Gasteiger partial charge >= 0.3 is 0 Å². The maximum Gasteiger partial charge on any atom is 0.104 e. The SMILES string of the molecule is CN1CCC(N(C)Cc2ccc(C(N)=S)cc2Cl)CC1. The van der Waals surface area contributed by atoms with Crippen LogP contribution in [0.5, 0.6) is 0 Å². The molecular formula is C15H22ClN3S. The van der Waals surface area contributed by atoms with E-state index in [9.17, 15) is 0 Å². The molecule has 20 heavy (non-hydrogen) atoms. The number of rotatable bonds is 4. The van der Waals surface area contributed by atoms with Crippen LogP contribution in [-0.4, -0.2) is 48.0 Å². The van der Waals surface area contributed by atoms with E-state index in [2.05, 4.69) is 23.9 Å². The Morgan fingerprint density at radius 1 is 1.45 bits per heavy atom. The summed E-state index contributed by atoms with van der Waals surface area (Å²) in [6, 6.07) is 6.48. The number of likely N-dealkylation sites (tertiary alicyclic amines) is 1. The van der Waals surface area contributed by atoms with Crippen LogP contribution in [0.2, 0.25) is 5.02 Å². The fourth-order valence-electron chi connectivity index (χ4n) is 2.66. The monoisotopic (exact) mass is 311 g/mol. The van der Waals surface area contributed by atoms with E-state index in [-0.39, 0.29) is 0 Å². The van der Waals surface area contributed by atoms with Crippen LogP contribution in [0.25, 0.3) is 0 Å². The van der Waals surface area contributed by atoms with Crippen molar-refractivity contribution >= 4 is 28.8 Å². The molecule has 1 aromatic carbocycles. The number of piperidine rings is 1. The predicted molar refractivity (Wildman–Crippen MR) is 89.3 cm³/mol. The molecule has 0 amide bonds. The number of benzene rings is 1. The molecule has 0 saturated carbocycles. The van der Waals surface area contributed by atoms with Gasteiger partial charge in [0.1, 0.15) is 4.99 Å². The van der Waals surface area contributed by atoms with Crippen LogP contribution in [0.3, 0.4) is 0 Å². The molecule has 1 aromatic rings. The first kappa shape index (κ1) is 15.7. The lowest BCUT2D eigenvalue weighted by Gasteiger charge is -2.35. The topological polar surface area (TPSA) is 32.5 Å². The summed E-state index contributed by atoms with van der Waals surface area (Å²) in [5.41, 5.74) is 7.58. The quantitative estimate of drug-likeness (QED) is 0.866. The largest absolute Gasteiger partial charge is 0.389 e. The minimum atomic E-state index is 0.391. The van der Waals surface area contributed by atoms with Crippen LogP contribution in [0.1, 0.15) is 24.0 Å². The second kappa shape index (κ2) is 6.85. The van der Waals surface area contributed by atoms with Gasteiger partial charge in [-0.25, -0.2) is 0 Å². The molecule has 0 bridgehead atoms. The van der Waals surface area contributed by atoms with Crippen LogP contribution >= 0.6 is 23.8 Å². The van der Waals surface area contributed by atoms with Gasteiger partial charge in [0, 0.05) is 23.2 Å². The highest BCUT2D eigenvalue weighted by Crippen LogP contribution is 2.22. The van der Waals surface area contributed by atoms with Crippen LogP contribution in [-0.2, 0) is 6.54 Å². The fourth-order valence-corrected chi connectivity index (χ4v) is 3.03. The minimum absolute atomic E-state index is 0.391. The van der Waals surface area contributed by atoms with E-state index in [4.69, 9.17) is 29.6 Å². The van der Waals surface area contributed by atoms with Crippen molar-refractivity contribution in [2.45, 2.75) is 25.4 Å². The lowest BCUT2D eigenvalue weighted by Crippen LogP contribution is -2.41. The third kappa shape index (κ3) is 3.92. The van der Waals surface area contributed by atoms with Gasteiger partial charge in [-0.1, -0.05) is 36.0 Å². The molecular weight excluding hydrogens is 290 g/mol. The molecule has 0 aromatic heterocycles. The Morgan fingerprint density at radius 3 is 2.65 bits per heavy atom. The van der Waals surface area contributed by atoms with Crippen molar-refractivity contribution < 1.29 is 0 Å². The van der Waals surface area contributed by atoms with Gasteiger partial charge in [-0.2, -0.15) is 0 Å². The van der Waals surface area contributed by atoms with Crippen molar-refractivity contribution in [2.24, 2.45) is 5.73 Å². The molecule has 0 aliphatic carbocycles. The summed E-state index contributed by atoms with van der Waals surface area (Å²) in [5.74, 6) is 0. The van der Waals surface area contributed by atoms with E-state index >= 15 is 0 Å². The van der Waals surface area contributed by atoms with Crippen molar-refractivity contribution in [3.8, 4) is 0 Å². The van der Waals surface area contributed by atoms with Crippen LogP contribution in [0.4, 0.5) is 0 Å². The molecule has 2 N–H and O–H groups in total. The zero-order valence-corrected chi connectivity index (χ0v) is 13.7. The van der Waals surface area contributed by atoms with Gasteiger partial charge in [0.05, 0.1) is 0 Å². The van der Waals surface area contributed by atoms with Crippen molar-refractivity contribution in [3.05, 3.63) is 34.3 Å². The lowest BCUT2D eigenvalue weighted by atomic mass is 10.0. The average Bonchev–Trinajstić information content (AvgIpc) is 2.41. The van der Waals surface area contributed by atoms with Gasteiger partial charge in [0.25, 0.3) is 0 Å². The zero-order valence-electron chi connectivity index (χ0n) is 12.1. The molecule has 1 heterocycles. The first-order chi connectivity index (χ1) is 9.47. The maximum absolute atomic E-state index is 6.33. The van der Waals surface area contributed by atoms with E-state index in [1.807, 2.05) is 18.2 Å². The second-order valence-electron chi connectivity index (χ2n) is 5.62. The van der Waals surface area contributed by atoms with E-state index < -0.39 is 0 Å². The molecule has 0 radical (unpaired) electrons. The predicted octanol–water partition coefficient (Wildman–Crippen LogP) is 2.50. The molecule has 0 unspecified atom stereocenters. The van der Waals surface area contributed by atoms with Gasteiger partial charge in [-0.15, -0.1) is 0 Å². The summed E-state index contributed by atoms with van der Waals surface area (Å²) in [6.45, 7) is 3.21. The number of hydrogen-bond donors (Lipinski definition) is 1. The molecule has 1 fully saturated rings. The third-order valence-electron chi connectivity index (χ3n) is 4.07. The van der Waals surface area contributed by atoms with Crippen molar-refractivity contribution in [1.29, 1.82) is 0 Å². The molecule has 1 aliphatic heterocycles. The van der Waals surface area contributed by atoms with E-state index in [1.54, 1.807) is 0 Å². The van der Waals surface area contributed by atoms with Gasteiger partial charge in [0.2, 0.25) is 0 Å². The van der Waals surface area contributed by atoms with E-state index in [0.29, 0.717) is 11.0 Å². The average molecular weight is 312 g/mol. The number of hydrogen-bond acceptors (Lipinski definition) is 3. The van der Waals surface area contributed by atoms with Crippen molar-refractivity contribution in [2.75, 3.05) is 27.2 Å². The molecule has 1 saturated heterocycles. The Labute approximate surface area is 131 Å². The first-order valence-electron chi connectivity index (χ1n) is 6.94. The molecule has 110 valence electrons. The van der Waals surface area contributed by atoms with E-state index in [1.165, 1.54) is 25.9 Å². The Hall–Kier alpha value is -0.680. The van der Waals surface area contributed by atoms with Crippen LogP contribution in [0, 0.1) is 0 Å². The van der Waals surface area contributed by atoms with Crippen molar-refractivity contribution in [1.82, 2.24) is 9.80 Å². The summed E-state index contributed by atoms with van der Waals surface area (Å²) in [6.07, 6.45) is 2.44. The molecule has 1 aliphatic rings. The summed E-state index contributed by atoms with van der Waals surface area (Å²) in [7, 11) is 4.36. The highest BCUT2D eigenvalue weighted by molar-refractivity contribution is 7.80.